The Morgan fingerprint density at radius 2 is 2.56 bits per heavy atom. The molecule has 0 aliphatic heterocycles. The van der Waals surface area contributed by atoms with E-state index in [2.05, 4.69) is 4.74 Å². The van der Waals surface area contributed by atoms with Crippen molar-refractivity contribution in [3.05, 3.63) is 0 Å². The van der Waals surface area contributed by atoms with E-state index in [0.29, 0.717) is 0 Å². The number of nitriles is 1. The molecule has 0 bridgehead atoms. The van der Waals surface area contributed by atoms with Gasteiger partial charge in [0.1, 0.15) is 0 Å². The van der Waals surface area contributed by atoms with Gasteiger partial charge in [-0.15, -0.1) is 0 Å². The first-order valence-electron chi connectivity index (χ1n) is 2.33. The molecule has 50 valence electrons. The van der Waals surface area contributed by atoms with Gasteiger partial charge in [0, 0.05) is 7.11 Å². The van der Waals surface area contributed by atoms with Crippen LogP contribution in [0.5, 0.6) is 0 Å². The first-order valence-corrected chi connectivity index (χ1v) is 2.33. The molecule has 1 unspecified atom stereocenters. The van der Waals surface area contributed by atoms with E-state index in [1.165, 1.54) is 7.11 Å². The third-order valence-electron chi connectivity index (χ3n) is 0.787. The largest absolute Gasteiger partial charge is 0.480 e. The van der Waals surface area contributed by atoms with Gasteiger partial charge in [0.05, 0.1) is 12.7 Å². The molecule has 0 saturated heterocycles. The van der Waals surface area contributed by atoms with Crippen LogP contribution in [0.2, 0.25) is 0 Å². The van der Waals surface area contributed by atoms with Gasteiger partial charge >= 0.3 is 5.97 Å². The molecular formula is C5H7NO3. The number of carboxylic acids is 1. The maximum Gasteiger partial charge on any atom is 0.323 e. The highest BCUT2D eigenvalue weighted by Crippen LogP contribution is 1.92. The third kappa shape index (κ3) is 2.67. The number of nitrogens with zero attached hydrogens (tertiary/aromatic N) is 1. The molecule has 0 heterocycles. The van der Waals surface area contributed by atoms with E-state index >= 15 is 0 Å². The van der Waals surface area contributed by atoms with Crippen molar-refractivity contribution >= 4 is 5.97 Å². The lowest BCUT2D eigenvalue weighted by molar-refractivity contribution is -0.141. The number of hydrogen-bond donors (Lipinski definition) is 1. The van der Waals surface area contributed by atoms with Gasteiger partial charge in [-0.2, -0.15) is 5.26 Å². The normalized spacial score (nSPS) is 12.0. The SMILES string of the molecule is COCC(C#N)C(=O)O. The number of carboxylic acid groups (broad SMARTS) is 1. The fraction of sp³-hybridized carbons (Fsp3) is 0.600. The van der Waals surface area contributed by atoms with Crippen LogP contribution in [0.15, 0.2) is 0 Å². The molecule has 0 saturated carbocycles. The maximum absolute atomic E-state index is 10.0. The van der Waals surface area contributed by atoms with Gasteiger partial charge in [0.25, 0.3) is 0 Å². The Bertz CT molecular complexity index is 138. The molecule has 0 amide bonds. The van der Waals surface area contributed by atoms with Crippen LogP contribution in [0, 0.1) is 17.2 Å². The number of methoxy groups -OCH3 is 1. The Morgan fingerprint density at radius 1 is 2.00 bits per heavy atom. The second-order valence-corrected chi connectivity index (χ2v) is 1.48. The van der Waals surface area contributed by atoms with Crippen molar-refractivity contribution < 1.29 is 14.6 Å². The Morgan fingerprint density at radius 3 is 2.67 bits per heavy atom. The molecule has 4 nitrogen and oxygen atoms in total. The number of ether oxygens (including phenoxy) is 1. The summed E-state index contributed by atoms with van der Waals surface area (Å²) in [5, 5.41) is 16.3. The highest BCUT2D eigenvalue weighted by atomic mass is 16.5. The predicted octanol–water partition coefficient (Wildman–Crippen LogP) is -0.143. The molecular weight excluding hydrogens is 122 g/mol. The summed E-state index contributed by atoms with van der Waals surface area (Å²) >= 11 is 0. The van der Waals surface area contributed by atoms with Gasteiger partial charge in [-0.3, -0.25) is 4.79 Å². The standard InChI is InChI=1S/C5H7NO3/c1-9-3-4(2-6)5(7)8/h4H,3H2,1H3,(H,7,8). The van der Waals surface area contributed by atoms with Gasteiger partial charge in [0.2, 0.25) is 0 Å². The lowest BCUT2D eigenvalue weighted by Crippen LogP contribution is -2.16. The van der Waals surface area contributed by atoms with E-state index in [4.69, 9.17) is 10.4 Å². The molecule has 4 heteroatoms. The van der Waals surface area contributed by atoms with Crippen molar-refractivity contribution in [1.29, 1.82) is 5.26 Å². The van der Waals surface area contributed by atoms with E-state index in [1.807, 2.05) is 0 Å². The molecule has 0 aliphatic carbocycles. The summed E-state index contributed by atoms with van der Waals surface area (Å²) in [6.45, 7) is -0.0498. The van der Waals surface area contributed by atoms with Gasteiger partial charge in [-0.05, 0) is 0 Å². The first-order chi connectivity index (χ1) is 4.22. The van der Waals surface area contributed by atoms with E-state index in [1.54, 1.807) is 6.07 Å². The average molecular weight is 129 g/mol. The minimum atomic E-state index is -1.14. The monoisotopic (exact) mass is 129 g/mol. The molecule has 1 atom stereocenters. The number of aliphatic carboxylic acids is 1. The van der Waals surface area contributed by atoms with Crippen molar-refractivity contribution in [1.82, 2.24) is 0 Å². The average Bonchev–Trinajstić information content (AvgIpc) is 1.82. The highest BCUT2D eigenvalue weighted by Gasteiger charge is 2.14. The Labute approximate surface area is 52.7 Å². The summed E-state index contributed by atoms with van der Waals surface area (Å²) in [4.78, 5) is 10.0. The lowest BCUT2D eigenvalue weighted by atomic mass is 10.2. The van der Waals surface area contributed by atoms with Crippen molar-refractivity contribution in [2.75, 3.05) is 13.7 Å². The summed E-state index contributed by atoms with van der Waals surface area (Å²) in [7, 11) is 1.35. The Kier molecular flexibility index (Phi) is 3.40. The van der Waals surface area contributed by atoms with Gasteiger partial charge in [-0.1, -0.05) is 0 Å². The molecule has 0 aromatic rings. The molecule has 0 aromatic heterocycles. The van der Waals surface area contributed by atoms with Crippen LogP contribution in [0.1, 0.15) is 0 Å². The molecule has 0 radical (unpaired) electrons. The molecule has 0 aromatic carbocycles. The zero-order valence-corrected chi connectivity index (χ0v) is 5.00. The molecule has 0 fully saturated rings. The fourth-order valence-corrected chi connectivity index (χ4v) is 0.330. The molecule has 0 spiro atoms. The number of hydrogen-bond acceptors (Lipinski definition) is 3. The van der Waals surface area contributed by atoms with Crippen LogP contribution in [-0.2, 0) is 9.53 Å². The molecule has 0 aliphatic rings. The van der Waals surface area contributed by atoms with Crippen LogP contribution in [-0.4, -0.2) is 24.8 Å². The molecule has 9 heavy (non-hydrogen) atoms. The predicted molar refractivity (Wildman–Crippen MR) is 28.6 cm³/mol. The third-order valence-corrected chi connectivity index (χ3v) is 0.787. The second-order valence-electron chi connectivity index (χ2n) is 1.48. The lowest BCUT2D eigenvalue weighted by Gasteiger charge is -1.98. The summed E-state index contributed by atoms with van der Waals surface area (Å²) in [5.74, 6) is -2.17. The quantitative estimate of drug-likeness (QED) is 0.575. The van der Waals surface area contributed by atoms with Crippen LogP contribution in [0.4, 0.5) is 0 Å². The number of rotatable bonds is 3. The topological polar surface area (TPSA) is 70.3 Å². The summed E-state index contributed by atoms with van der Waals surface area (Å²) < 4.78 is 4.45. The second kappa shape index (κ2) is 3.87. The van der Waals surface area contributed by atoms with Crippen molar-refractivity contribution in [2.24, 2.45) is 5.92 Å². The van der Waals surface area contributed by atoms with E-state index in [-0.39, 0.29) is 6.61 Å². The smallest absolute Gasteiger partial charge is 0.323 e. The molecule has 0 rings (SSSR count). The van der Waals surface area contributed by atoms with Crippen LogP contribution >= 0.6 is 0 Å². The van der Waals surface area contributed by atoms with Crippen LogP contribution in [0.3, 0.4) is 0 Å². The molecule has 1 N–H and O–H groups in total. The van der Waals surface area contributed by atoms with E-state index in [9.17, 15) is 4.79 Å². The van der Waals surface area contributed by atoms with E-state index < -0.39 is 11.9 Å². The van der Waals surface area contributed by atoms with Crippen molar-refractivity contribution in [3.63, 3.8) is 0 Å². The fourth-order valence-electron chi connectivity index (χ4n) is 0.330. The van der Waals surface area contributed by atoms with Gasteiger partial charge < -0.3 is 9.84 Å². The van der Waals surface area contributed by atoms with E-state index in [0.717, 1.165) is 0 Å². The first kappa shape index (κ1) is 7.92. The van der Waals surface area contributed by atoms with Crippen molar-refractivity contribution in [2.45, 2.75) is 0 Å². The minimum Gasteiger partial charge on any atom is -0.480 e. The van der Waals surface area contributed by atoms with Crippen LogP contribution in [0.25, 0.3) is 0 Å². The van der Waals surface area contributed by atoms with Crippen LogP contribution < -0.4 is 0 Å². The van der Waals surface area contributed by atoms with Gasteiger partial charge in [-0.25, -0.2) is 0 Å². The zero-order chi connectivity index (χ0) is 7.28. The minimum absolute atomic E-state index is 0.0498. The summed E-state index contributed by atoms with van der Waals surface area (Å²) in [5.41, 5.74) is 0. The Hall–Kier alpha value is -1.08. The van der Waals surface area contributed by atoms with Gasteiger partial charge in [0.15, 0.2) is 5.92 Å². The van der Waals surface area contributed by atoms with Crippen molar-refractivity contribution in [3.8, 4) is 6.07 Å². The zero-order valence-electron chi connectivity index (χ0n) is 5.00. The summed E-state index contributed by atoms with van der Waals surface area (Å²) in [6.07, 6.45) is 0. The Balaban J connectivity index is 3.72. The highest BCUT2D eigenvalue weighted by molar-refractivity contribution is 5.72. The maximum atomic E-state index is 10.0. The summed E-state index contributed by atoms with van der Waals surface area (Å²) in [6, 6.07) is 1.58. The number of carbonyl (C=O) groups is 1.